The van der Waals surface area contributed by atoms with E-state index in [2.05, 4.69) is 5.32 Å². The van der Waals surface area contributed by atoms with Crippen LogP contribution in [0.4, 0.5) is 13.2 Å². The lowest BCUT2D eigenvalue weighted by Crippen LogP contribution is -2.58. The number of likely N-dealkylation sites (tertiary alicyclic amines) is 1. The molecule has 0 bridgehead atoms. The second kappa shape index (κ2) is 8.33. The van der Waals surface area contributed by atoms with Gasteiger partial charge in [0, 0.05) is 19.5 Å². The molecular formula is C17H21F3N2O3. The third-order valence-corrected chi connectivity index (χ3v) is 4.07. The fourth-order valence-electron chi connectivity index (χ4n) is 2.88. The smallest absolute Gasteiger partial charge is 0.367 e. The number of hydrogen-bond donors (Lipinski definition) is 1. The van der Waals surface area contributed by atoms with Crippen LogP contribution in [0.1, 0.15) is 25.3 Å². The van der Waals surface area contributed by atoms with Crippen molar-refractivity contribution in [2.24, 2.45) is 0 Å². The number of benzene rings is 1. The van der Waals surface area contributed by atoms with Gasteiger partial charge in [0.05, 0.1) is 6.61 Å². The molecule has 1 aromatic rings. The summed E-state index contributed by atoms with van der Waals surface area (Å²) >= 11 is 0. The first kappa shape index (κ1) is 19.2. The van der Waals surface area contributed by atoms with E-state index in [1.54, 1.807) is 0 Å². The van der Waals surface area contributed by atoms with Gasteiger partial charge >= 0.3 is 6.18 Å². The highest BCUT2D eigenvalue weighted by molar-refractivity contribution is 5.78. The lowest BCUT2D eigenvalue weighted by atomic mass is 9.97. The van der Waals surface area contributed by atoms with E-state index >= 15 is 0 Å². The number of hydrogen-bond acceptors (Lipinski definition) is 3. The van der Waals surface area contributed by atoms with Crippen molar-refractivity contribution in [3.63, 3.8) is 0 Å². The van der Waals surface area contributed by atoms with E-state index in [1.807, 2.05) is 30.3 Å². The van der Waals surface area contributed by atoms with Crippen LogP contribution in [0.3, 0.4) is 0 Å². The van der Waals surface area contributed by atoms with Crippen molar-refractivity contribution >= 4 is 11.8 Å². The van der Waals surface area contributed by atoms with Gasteiger partial charge in [-0.15, -0.1) is 0 Å². The molecule has 1 aromatic carbocycles. The molecule has 2 amide bonds. The summed E-state index contributed by atoms with van der Waals surface area (Å²) in [6.07, 6.45) is -4.52. The predicted molar refractivity (Wildman–Crippen MR) is 84.5 cm³/mol. The van der Waals surface area contributed by atoms with Crippen LogP contribution in [0.2, 0.25) is 0 Å². The maximum Gasteiger partial charge on any atom is 0.408 e. The summed E-state index contributed by atoms with van der Waals surface area (Å²) in [5, 5.41) is 2.64. The van der Waals surface area contributed by atoms with E-state index in [1.165, 1.54) is 0 Å². The third-order valence-electron chi connectivity index (χ3n) is 4.07. The first-order valence-electron chi connectivity index (χ1n) is 8.02. The molecule has 2 unspecified atom stereocenters. The molecule has 1 N–H and O–H groups in total. The highest BCUT2D eigenvalue weighted by atomic mass is 19.4. The molecule has 1 saturated heterocycles. The van der Waals surface area contributed by atoms with E-state index in [9.17, 15) is 22.8 Å². The number of amides is 2. The van der Waals surface area contributed by atoms with Gasteiger partial charge in [0.25, 0.3) is 0 Å². The third kappa shape index (κ3) is 5.74. The number of rotatable bonds is 5. The SMILES string of the molecule is CC(=O)N1CC(NC(=O)COCc2ccccc2)CCC1C(F)(F)F. The zero-order valence-corrected chi connectivity index (χ0v) is 13.9. The van der Waals surface area contributed by atoms with E-state index in [0.717, 1.165) is 17.4 Å². The summed E-state index contributed by atoms with van der Waals surface area (Å²) in [7, 11) is 0. The summed E-state index contributed by atoms with van der Waals surface area (Å²) in [5.74, 6) is -1.06. The van der Waals surface area contributed by atoms with Gasteiger partial charge in [0.2, 0.25) is 11.8 Å². The quantitative estimate of drug-likeness (QED) is 0.878. The molecule has 5 nitrogen and oxygen atoms in total. The molecule has 25 heavy (non-hydrogen) atoms. The fourth-order valence-corrected chi connectivity index (χ4v) is 2.88. The number of halogens is 3. The topological polar surface area (TPSA) is 58.6 Å². The van der Waals surface area contributed by atoms with E-state index in [4.69, 9.17) is 4.74 Å². The molecule has 0 saturated carbocycles. The number of piperidine rings is 1. The van der Waals surface area contributed by atoms with Gasteiger partial charge in [0.15, 0.2) is 0 Å². The Kier molecular flexibility index (Phi) is 6.41. The molecule has 0 aromatic heterocycles. The van der Waals surface area contributed by atoms with Gasteiger partial charge in [-0.1, -0.05) is 30.3 Å². The summed E-state index contributed by atoms with van der Waals surface area (Å²) in [5.41, 5.74) is 0.920. The highest BCUT2D eigenvalue weighted by Gasteiger charge is 2.47. The van der Waals surface area contributed by atoms with Crippen LogP contribution in [0.5, 0.6) is 0 Å². The van der Waals surface area contributed by atoms with Gasteiger partial charge in [-0.2, -0.15) is 13.2 Å². The van der Waals surface area contributed by atoms with Gasteiger partial charge in [0.1, 0.15) is 12.6 Å². The Morgan fingerprint density at radius 1 is 1.24 bits per heavy atom. The minimum Gasteiger partial charge on any atom is -0.367 e. The average molecular weight is 358 g/mol. The Morgan fingerprint density at radius 2 is 1.92 bits per heavy atom. The molecule has 1 aliphatic rings. The summed E-state index contributed by atoms with van der Waals surface area (Å²) in [4.78, 5) is 24.2. The molecule has 0 radical (unpaired) electrons. The summed E-state index contributed by atoms with van der Waals surface area (Å²) < 4.78 is 44.2. The van der Waals surface area contributed by atoms with Crippen molar-refractivity contribution in [3.8, 4) is 0 Å². The Morgan fingerprint density at radius 3 is 2.52 bits per heavy atom. The molecule has 0 spiro atoms. The van der Waals surface area contributed by atoms with Crippen LogP contribution in [-0.2, 0) is 20.9 Å². The fraction of sp³-hybridized carbons (Fsp3) is 0.529. The van der Waals surface area contributed by atoms with Crippen LogP contribution in [-0.4, -0.2) is 48.1 Å². The number of carbonyl (C=O) groups is 2. The molecule has 2 rings (SSSR count). The van der Waals surface area contributed by atoms with Crippen molar-refractivity contribution in [3.05, 3.63) is 35.9 Å². The van der Waals surface area contributed by atoms with Crippen LogP contribution in [0.15, 0.2) is 30.3 Å². The van der Waals surface area contributed by atoms with Gasteiger partial charge < -0.3 is 15.0 Å². The van der Waals surface area contributed by atoms with Crippen molar-refractivity contribution < 1.29 is 27.5 Å². The molecule has 2 atom stereocenters. The average Bonchev–Trinajstić information content (AvgIpc) is 2.54. The van der Waals surface area contributed by atoms with Crippen molar-refractivity contribution in [1.82, 2.24) is 10.2 Å². The number of carbonyl (C=O) groups excluding carboxylic acids is 2. The minimum atomic E-state index is -4.46. The van der Waals surface area contributed by atoms with E-state index in [0.29, 0.717) is 0 Å². The Balaban J connectivity index is 1.80. The first-order valence-corrected chi connectivity index (χ1v) is 8.02. The molecule has 1 aliphatic heterocycles. The summed E-state index contributed by atoms with van der Waals surface area (Å²) in [6.45, 7) is 1.04. The Bertz CT molecular complexity index is 593. The second-order valence-corrected chi connectivity index (χ2v) is 6.05. The molecule has 8 heteroatoms. The predicted octanol–water partition coefficient (Wildman–Crippen LogP) is 2.26. The van der Waals surface area contributed by atoms with E-state index < -0.39 is 30.1 Å². The Labute approximate surface area is 144 Å². The monoisotopic (exact) mass is 358 g/mol. The molecule has 138 valence electrons. The van der Waals surface area contributed by atoms with Crippen LogP contribution in [0.25, 0.3) is 0 Å². The lowest BCUT2D eigenvalue weighted by Gasteiger charge is -2.40. The highest BCUT2D eigenvalue weighted by Crippen LogP contribution is 2.31. The number of alkyl halides is 3. The molecule has 1 heterocycles. The number of nitrogens with zero attached hydrogens (tertiary/aromatic N) is 1. The minimum absolute atomic E-state index is 0.149. The summed E-state index contributed by atoms with van der Waals surface area (Å²) in [6, 6.07) is 7.02. The standard InChI is InChI=1S/C17H21F3N2O3/c1-12(23)22-9-14(7-8-15(22)17(18,19)20)21-16(24)11-25-10-13-5-3-2-4-6-13/h2-6,14-15H,7-11H2,1H3,(H,21,24). The number of nitrogens with one attached hydrogen (secondary N) is 1. The van der Waals surface area contributed by atoms with Crippen LogP contribution < -0.4 is 5.32 Å². The van der Waals surface area contributed by atoms with Crippen molar-refractivity contribution in [1.29, 1.82) is 0 Å². The van der Waals surface area contributed by atoms with Crippen LogP contribution >= 0.6 is 0 Å². The zero-order chi connectivity index (χ0) is 18.4. The lowest BCUT2D eigenvalue weighted by molar-refractivity contribution is -0.196. The van der Waals surface area contributed by atoms with Crippen molar-refractivity contribution in [2.75, 3.05) is 13.2 Å². The molecular weight excluding hydrogens is 337 g/mol. The number of ether oxygens (including phenoxy) is 1. The van der Waals surface area contributed by atoms with Crippen LogP contribution in [0, 0.1) is 0 Å². The molecule has 1 fully saturated rings. The molecule has 0 aliphatic carbocycles. The largest absolute Gasteiger partial charge is 0.408 e. The normalized spacial score (nSPS) is 21.0. The van der Waals surface area contributed by atoms with Gasteiger partial charge in [-0.3, -0.25) is 9.59 Å². The van der Waals surface area contributed by atoms with E-state index in [-0.39, 0.29) is 32.6 Å². The maximum atomic E-state index is 13.0. The maximum absolute atomic E-state index is 13.0. The van der Waals surface area contributed by atoms with Gasteiger partial charge in [-0.25, -0.2) is 0 Å². The Hall–Kier alpha value is -2.09. The zero-order valence-electron chi connectivity index (χ0n) is 13.9. The first-order chi connectivity index (χ1) is 11.8. The van der Waals surface area contributed by atoms with Gasteiger partial charge in [-0.05, 0) is 18.4 Å². The second-order valence-electron chi connectivity index (χ2n) is 6.05. The van der Waals surface area contributed by atoms with Crippen molar-refractivity contribution in [2.45, 2.75) is 44.6 Å².